The minimum Gasteiger partial charge on any atom is -0.258 e. The Kier molecular flexibility index (Phi) is 2.12. The Morgan fingerprint density at radius 2 is 2.06 bits per heavy atom. The zero-order valence-corrected chi connectivity index (χ0v) is 8.85. The minimum absolute atomic E-state index is 0.0393. The van der Waals surface area contributed by atoms with E-state index in [4.69, 9.17) is 0 Å². The Bertz CT molecular complexity index is 675. The monoisotopic (exact) mass is 242 g/mol. The lowest BCUT2D eigenvalue weighted by Gasteiger charge is -1.98. The van der Waals surface area contributed by atoms with Gasteiger partial charge < -0.3 is 0 Å². The predicted octanol–water partition coefficient (Wildman–Crippen LogP) is 0.270. The van der Waals surface area contributed by atoms with E-state index in [2.05, 4.69) is 15.4 Å². The van der Waals surface area contributed by atoms with Gasteiger partial charge in [-0.05, 0) is 6.07 Å². The fourth-order valence-electron chi connectivity index (χ4n) is 1.26. The van der Waals surface area contributed by atoms with Gasteiger partial charge in [-0.25, -0.2) is 8.42 Å². The van der Waals surface area contributed by atoms with Crippen molar-refractivity contribution < 1.29 is 13.3 Å². The number of nitrogens with zero attached hydrogens (tertiary/aromatic N) is 3. The van der Waals surface area contributed by atoms with Crippen LogP contribution in [0.3, 0.4) is 0 Å². The van der Waals surface area contributed by atoms with Gasteiger partial charge in [-0.3, -0.25) is 10.1 Å². The second-order valence-corrected chi connectivity index (χ2v) is 5.18. The van der Waals surface area contributed by atoms with Gasteiger partial charge in [0.2, 0.25) is 0 Å². The van der Waals surface area contributed by atoms with Crippen LogP contribution in [-0.4, -0.2) is 35.0 Å². The molecule has 0 unspecified atom stereocenters. The largest absolute Gasteiger partial charge is 0.300 e. The summed E-state index contributed by atoms with van der Waals surface area (Å²) in [4.78, 5) is 9.87. The van der Waals surface area contributed by atoms with Crippen LogP contribution in [0.4, 0.5) is 5.69 Å². The molecule has 0 fully saturated rings. The Balaban J connectivity index is 2.87. The van der Waals surface area contributed by atoms with E-state index in [9.17, 15) is 18.5 Å². The molecule has 0 saturated heterocycles. The smallest absolute Gasteiger partial charge is 0.258 e. The molecule has 0 radical (unpaired) electrons. The number of hydrogen-bond acceptors (Lipinski definition) is 6. The lowest BCUT2D eigenvalue weighted by atomic mass is 10.3. The third-order valence-corrected chi connectivity index (χ3v) is 3.09. The van der Waals surface area contributed by atoms with Gasteiger partial charge in [0.05, 0.1) is 9.82 Å². The summed E-state index contributed by atoms with van der Waals surface area (Å²) in [6.07, 6.45) is 0.970. The maximum absolute atomic E-state index is 11.3. The number of nitro benzene ring substituents is 1. The predicted molar refractivity (Wildman–Crippen MR) is 53.7 cm³/mol. The summed E-state index contributed by atoms with van der Waals surface area (Å²) in [7, 11) is -3.51. The quantitative estimate of drug-likeness (QED) is 0.596. The number of nitrogens with one attached hydrogen (secondary N) is 1. The van der Waals surface area contributed by atoms with Crippen LogP contribution in [0.5, 0.6) is 0 Å². The van der Waals surface area contributed by atoms with Crippen LogP contribution in [0.25, 0.3) is 11.0 Å². The zero-order valence-electron chi connectivity index (χ0n) is 8.04. The van der Waals surface area contributed by atoms with E-state index in [-0.39, 0.29) is 21.6 Å². The first-order valence-corrected chi connectivity index (χ1v) is 5.98. The Labute approximate surface area is 89.3 Å². The van der Waals surface area contributed by atoms with Crippen molar-refractivity contribution in [1.82, 2.24) is 15.4 Å². The first-order valence-electron chi connectivity index (χ1n) is 4.08. The molecule has 8 nitrogen and oxygen atoms in total. The van der Waals surface area contributed by atoms with Gasteiger partial charge >= 0.3 is 0 Å². The van der Waals surface area contributed by atoms with Crippen LogP contribution in [0.1, 0.15) is 0 Å². The van der Waals surface area contributed by atoms with Crippen molar-refractivity contribution in [3.63, 3.8) is 0 Å². The molecule has 16 heavy (non-hydrogen) atoms. The number of aromatic nitrogens is 3. The molecule has 0 bridgehead atoms. The second-order valence-electron chi connectivity index (χ2n) is 3.16. The SMILES string of the molecule is CS(=O)(=O)c1cc([N+](=O)[O-])c2n[nH]nc2c1. The summed E-state index contributed by atoms with van der Waals surface area (Å²) in [6, 6.07) is 2.21. The van der Waals surface area contributed by atoms with Crippen molar-refractivity contribution in [1.29, 1.82) is 0 Å². The third-order valence-electron chi connectivity index (χ3n) is 2.00. The molecule has 1 aromatic heterocycles. The fraction of sp³-hybridized carbons (Fsp3) is 0.143. The van der Waals surface area contributed by atoms with Crippen LogP contribution in [0.15, 0.2) is 17.0 Å². The number of H-pyrrole nitrogens is 1. The van der Waals surface area contributed by atoms with Crippen molar-refractivity contribution in [2.75, 3.05) is 6.26 Å². The van der Waals surface area contributed by atoms with Crippen LogP contribution in [-0.2, 0) is 9.84 Å². The molecular weight excluding hydrogens is 236 g/mol. The molecule has 84 valence electrons. The number of hydrogen-bond donors (Lipinski definition) is 1. The molecule has 0 saturated carbocycles. The van der Waals surface area contributed by atoms with Gasteiger partial charge in [0.15, 0.2) is 15.4 Å². The highest BCUT2D eigenvalue weighted by Crippen LogP contribution is 2.26. The lowest BCUT2D eigenvalue weighted by molar-refractivity contribution is -0.383. The highest BCUT2D eigenvalue weighted by molar-refractivity contribution is 7.90. The molecule has 0 aliphatic heterocycles. The average molecular weight is 242 g/mol. The van der Waals surface area contributed by atoms with E-state index in [0.717, 1.165) is 12.3 Å². The van der Waals surface area contributed by atoms with Crippen molar-refractivity contribution in [3.8, 4) is 0 Å². The Morgan fingerprint density at radius 1 is 1.38 bits per heavy atom. The highest BCUT2D eigenvalue weighted by Gasteiger charge is 2.20. The minimum atomic E-state index is -3.51. The first kappa shape index (κ1) is 10.5. The molecule has 0 amide bonds. The number of benzene rings is 1. The van der Waals surface area contributed by atoms with Gasteiger partial charge in [-0.2, -0.15) is 10.3 Å². The number of aromatic amines is 1. The van der Waals surface area contributed by atoms with E-state index in [1.165, 1.54) is 6.07 Å². The third kappa shape index (κ3) is 1.60. The van der Waals surface area contributed by atoms with E-state index < -0.39 is 14.8 Å². The molecule has 0 aliphatic rings. The topological polar surface area (TPSA) is 119 Å². The van der Waals surface area contributed by atoms with Gasteiger partial charge in [0.25, 0.3) is 5.69 Å². The van der Waals surface area contributed by atoms with E-state index in [0.29, 0.717) is 0 Å². The summed E-state index contributed by atoms with van der Waals surface area (Å²) in [5.74, 6) is 0. The summed E-state index contributed by atoms with van der Waals surface area (Å²) >= 11 is 0. The van der Waals surface area contributed by atoms with Crippen LogP contribution >= 0.6 is 0 Å². The zero-order chi connectivity index (χ0) is 11.9. The second kappa shape index (κ2) is 3.23. The van der Waals surface area contributed by atoms with Crippen molar-refractivity contribution in [2.45, 2.75) is 4.90 Å². The maximum Gasteiger partial charge on any atom is 0.300 e. The molecule has 0 aliphatic carbocycles. The number of fused-ring (bicyclic) bond motifs is 1. The van der Waals surface area contributed by atoms with Crippen LogP contribution in [0, 0.1) is 10.1 Å². The van der Waals surface area contributed by atoms with E-state index in [1.807, 2.05) is 0 Å². The molecule has 1 aromatic carbocycles. The molecule has 1 heterocycles. The maximum atomic E-state index is 11.3. The number of sulfone groups is 1. The first-order chi connectivity index (χ1) is 7.39. The highest BCUT2D eigenvalue weighted by atomic mass is 32.2. The number of rotatable bonds is 2. The van der Waals surface area contributed by atoms with Gasteiger partial charge in [0.1, 0.15) is 5.52 Å². The molecule has 1 N–H and O–H groups in total. The van der Waals surface area contributed by atoms with Gasteiger partial charge in [-0.15, -0.1) is 5.10 Å². The molecule has 0 atom stereocenters. The van der Waals surface area contributed by atoms with Crippen molar-refractivity contribution in [3.05, 3.63) is 22.2 Å². The van der Waals surface area contributed by atoms with Crippen LogP contribution in [0.2, 0.25) is 0 Å². The molecule has 9 heteroatoms. The van der Waals surface area contributed by atoms with Crippen molar-refractivity contribution >= 4 is 26.6 Å². The lowest BCUT2D eigenvalue weighted by Crippen LogP contribution is -1.99. The van der Waals surface area contributed by atoms with Gasteiger partial charge in [0, 0.05) is 12.3 Å². The summed E-state index contributed by atoms with van der Waals surface area (Å²) in [5.41, 5.74) is -0.196. The molecule has 0 spiro atoms. The number of non-ortho nitro benzene ring substituents is 1. The molecule has 2 aromatic rings. The number of nitro groups is 1. The summed E-state index contributed by atoms with van der Waals surface area (Å²) in [6.45, 7) is 0. The van der Waals surface area contributed by atoms with E-state index >= 15 is 0 Å². The normalized spacial score (nSPS) is 11.8. The average Bonchev–Trinajstić information content (AvgIpc) is 2.61. The molecular formula is C7H6N4O4S. The Morgan fingerprint density at radius 3 is 2.62 bits per heavy atom. The van der Waals surface area contributed by atoms with E-state index in [1.54, 1.807) is 0 Å². The summed E-state index contributed by atoms with van der Waals surface area (Å²) < 4.78 is 22.6. The Hall–Kier alpha value is -2.03. The fourth-order valence-corrected chi connectivity index (χ4v) is 1.91. The van der Waals surface area contributed by atoms with Crippen LogP contribution < -0.4 is 0 Å². The standard InChI is InChI=1S/C7H6N4O4S/c1-16(14,15)4-2-5-7(9-10-8-5)6(3-4)11(12)13/h2-3H,1H3,(H,8,9,10). The van der Waals surface area contributed by atoms with Crippen molar-refractivity contribution in [2.24, 2.45) is 0 Å². The summed E-state index contributed by atoms with van der Waals surface area (Å²) in [5, 5.41) is 20.2. The van der Waals surface area contributed by atoms with Gasteiger partial charge in [-0.1, -0.05) is 0 Å². The molecule has 2 rings (SSSR count).